The maximum atomic E-state index is 12.6. The van der Waals surface area contributed by atoms with E-state index in [0.29, 0.717) is 19.6 Å². The Morgan fingerprint density at radius 2 is 1.96 bits per heavy atom. The molecule has 2 rings (SSSR count). The quantitative estimate of drug-likeness (QED) is 0.660. The van der Waals surface area contributed by atoms with E-state index in [-0.39, 0.29) is 25.1 Å². The Morgan fingerprint density at radius 1 is 1.23 bits per heavy atom. The number of rotatable bonds is 7. The maximum Gasteiger partial charge on any atom is 0.318 e. The van der Waals surface area contributed by atoms with Gasteiger partial charge in [-0.1, -0.05) is 11.6 Å². The summed E-state index contributed by atoms with van der Waals surface area (Å²) in [7, 11) is 2.04. The number of amides is 3. The highest BCUT2D eigenvalue weighted by Crippen LogP contribution is 2.20. The number of hydrogen-bond acceptors (Lipinski definition) is 4. The van der Waals surface area contributed by atoms with Crippen LogP contribution in [0.4, 0.5) is 4.79 Å². The van der Waals surface area contributed by atoms with Gasteiger partial charge in [-0.05, 0) is 46.1 Å². The normalized spacial score (nSPS) is 19.7. The zero-order chi connectivity index (χ0) is 18.9. The van der Waals surface area contributed by atoms with Crippen LogP contribution in [0.25, 0.3) is 0 Å². The molecule has 1 aliphatic carbocycles. The maximum absolute atomic E-state index is 12.6. The summed E-state index contributed by atoms with van der Waals surface area (Å²) in [6.07, 6.45) is 7.81. The molecule has 7 nitrogen and oxygen atoms in total. The number of nitrogens with one attached hydrogen (secondary N) is 1. The molecule has 1 atom stereocenters. The van der Waals surface area contributed by atoms with Crippen molar-refractivity contribution in [3.8, 4) is 0 Å². The molecule has 0 aromatic rings. The molecule has 2 aliphatic rings. The number of urea groups is 1. The molecule has 0 aromatic heterocycles. The molecule has 1 saturated heterocycles. The standard InChI is InChI=1S/C19H34N4O3/c1-16(18(25)22-12-10-21(2)11-13-22)20-19(26)23(14-15-24)9-8-17-6-4-3-5-7-17/h6,16,24H,3-5,7-15H2,1-2H3,(H,20,26)/t16-/m0/s1. The third-order valence-corrected chi connectivity index (χ3v) is 5.27. The number of likely N-dealkylation sites (N-methyl/N-ethyl adjacent to an activating group) is 1. The van der Waals surface area contributed by atoms with E-state index in [1.54, 1.807) is 11.8 Å². The largest absolute Gasteiger partial charge is 0.395 e. The van der Waals surface area contributed by atoms with Gasteiger partial charge >= 0.3 is 6.03 Å². The number of carbonyl (C=O) groups is 2. The molecule has 3 amide bonds. The number of aliphatic hydroxyl groups is 1. The molecule has 2 N–H and O–H groups in total. The summed E-state index contributed by atoms with van der Waals surface area (Å²) in [4.78, 5) is 30.7. The van der Waals surface area contributed by atoms with Crippen LogP contribution < -0.4 is 5.32 Å². The SMILES string of the molecule is C[C@H](NC(=O)N(CCO)CCC1=CCCCC1)C(=O)N1CCN(C)CC1. The summed E-state index contributed by atoms with van der Waals surface area (Å²) in [6.45, 7) is 5.64. The Labute approximate surface area is 157 Å². The van der Waals surface area contributed by atoms with E-state index in [1.807, 2.05) is 11.9 Å². The number of allylic oxidation sites excluding steroid dienone is 1. The average molecular weight is 367 g/mol. The van der Waals surface area contributed by atoms with E-state index >= 15 is 0 Å². The van der Waals surface area contributed by atoms with Crippen LogP contribution in [0.5, 0.6) is 0 Å². The Balaban J connectivity index is 1.82. The molecule has 0 unspecified atom stereocenters. The Hall–Kier alpha value is -1.60. The van der Waals surface area contributed by atoms with Crippen molar-refractivity contribution in [3.05, 3.63) is 11.6 Å². The lowest BCUT2D eigenvalue weighted by Crippen LogP contribution is -2.55. The lowest BCUT2D eigenvalue weighted by Gasteiger charge is -2.34. The second-order valence-electron chi connectivity index (χ2n) is 7.37. The van der Waals surface area contributed by atoms with E-state index in [1.165, 1.54) is 18.4 Å². The molecule has 148 valence electrons. The third-order valence-electron chi connectivity index (χ3n) is 5.27. The first kappa shape index (κ1) is 20.7. The van der Waals surface area contributed by atoms with Crippen molar-refractivity contribution >= 4 is 11.9 Å². The van der Waals surface area contributed by atoms with Gasteiger partial charge in [0.25, 0.3) is 0 Å². The molecular weight excluding hydrogens is 332 g/mol. The van der Waals surface area contributed by atoms with Crippen molar-refractivity contribution in [2.75, 3.05) is 52.9 Å². The summed E-state index contributed by atoms with van der Waals surface area (Å²) in [6, 6.07) is -0.827. The van der Waals surface area contributed by atoms with E-state index in [2.05, 4.69) is 16.3 Å². The lowest BCUT2D eigenvalue weighted by atomic mass is 9.97. The topological polar surface area (TPSA) is 76.1 Å². The molecule has 26 heavy (non-hydrogen) atoms. The predicted octanol–water partition coefficient (Wildman–Crippen LogP) is 1.04. The van der Waals surface area contributed by atoms with E-state index in [0.717, 1.165) is 32.4 Å². The lowest BCUT2D eigenvalue weighted by molar-refractivity contribution is -0.134. The molecule has 7 heteroatoms. The minimum absolute atomic E-state index is 0.0367. The fraction of sp³-hybridized carbons (Fsp3) is 0.789. The second-order valence-corrected chi connectivity index (χ2v) is 7.37. The first-order valence-corrected chi connectivity index (χ1v) is 9.83. The molecule has 0 radical (unpaired) electrons. The summed E-state index contributed by atoms with van der Waals surface area (Å²) < 4.78 is 0. The zero-order valence-corrected chi connectivity index (χ0v) is 16.2. The number of nitrogens with zero attached hydrogens (tertiary/aromatic N) is 3. The number of carbonyl (C=O) groups excluding carboxylic acids is 2. The second kappa shape index (κ2) is 10.5. The van der Waals surface area contributed by atoms with Gasteiger partial charge in [-0.2, -0.15) is 0 Å². The van der Waals surface area contributed by atoms with Gasteiger partial charge < -0.3 is 25.1 Å². The first-order chi connectivity index (χ1) is 12.5. The van der Waals surface area contributed by atoms with Gasteiger partial charge in [-0.3, -0.25) is 4.79 Å². The number of aliphatic hydroxyl groups excluding tert-OH is 1. The first-order valence-electron chi connectivity index (χ1n) is 9.83. The predicted molar refractivity (Wildman–Crippen MR) is 102 cm³/mol. The average Bonchev–Trinajstić information content (AvgIpc) is 2.65. The van der Waals surface area contributed by atoms with E-state index in [9.17, 15) is 14.7 Å². The smallest absolute Gasteiger partial charge is 0.318 e. The van der Waals surface area contributed by atoms with Gasteiger partial charge in [-0.15, -0.1) is 0 Å². The Bertz CT molecular complexity index is 501. The highest BCUT2D eigenvalue weighted by atomic mass is 16.3. The minimum atomic E-state index is -0.555. The van der Waals surface area contributed by atoms with Crippen LogP contribution in [0.1, 0.15) is 39.0 Å². The van der Waals surface area contributed by atoms with Crippen molar-refractivity contribution in [2.24, 2.45) is 0 Å². The molecule has 0 aromatic carbocycles. The molecule has 1 heterocycles. The van der Waals surface area contributed by atoms with Gasteiger partial charge in [-0.25, -0.2) is 4.79 Å². The number of piperazine rings is 1. The highest BCUT2D eigenvalue weighted by molar-refractivity contribution is 5.86. The van der Waals surface area contributed by atoms with Crippen LogP contribution in [0.15, 0.2) is 11.6 Å². The van der Waals surface area contributed by atoms with Crippen molar-refractivity contribution in [3.63, 3.8) is 0 Å². The summed E-state index contributed by atoms with van der Waals surface area (Å²) in [5.41, 5.74) is 1.40. The van der Waals surface area contributed by atoms with Crippen molar-refractivity contribution in [1.82, 2.24) is 20.0 Å². The van der Waals surface area contributed by atoms with Crippen LogP contribution >= 0.6 is 0 Å². The highest BCUT2D eigenvalue weighted by Gasteiger charge is 2.26. The van der Waals surface area contributed by atoms with Crippen LogP contribution in [-0.2, 0) is 4.79 Å². The zero-order valence-electron chi connectivity index (χ0n) is 16.2. The van der Waals surface area contributed by atoms with Crippen LogP contribution in [0, 0.1) is 0 Å². The third kappa shape index (κ3) is 6.29. The van der Waals surface area contributed by atoms with Crippen molar-refractivity contribution in [1.29, 1.82) is 0 Å². The molecule has 1 fully saturated rings. The summed E-state index contributed by atoms with van der Waals surface area (Å²) >= 11 is 0. The van der Waals surface area contributed by atoms with Crippen LogP contribution in [0.3, 0.4) is 0 Å². The summed E-state index contributed by atoms with van der Waals surface area (Å²) in [5.74, 6) is -0.0367. The fourth-order valence-electron chi connectivity index (χ4n) is 3.48. The fourth-order valence-corrected chi connectivity index (χ4v) is 3.48. The van der Waals surface area contributed by atoms with Crippen LogP contribution in [-0.4, -0.2) is 90.7 Å². The Morgan fingerprint density at radius 3 is 2.58 bits per heavy atom. The molecule has 0 spiro atoms. The van der Waals surface area contributed by atoms with Gasteiger partial charge in [0.15, 0.2) is 0 Å². The number of hydrogen-bond donors (Lipinski definition) is 2. The molecule has 0 bridgehead atoms. The molecule has 1 aliphatic heterocycles. The van der Waals surface area contributed by atoms with E-state index < -0.39 is 6.04 Å². The van der Waals surface area contributed by atoms with Crippen molar-refractivity contribution < 1.29 is 14.7 Å². The van der Waals surface area contributed by atoms with E-state index in [4.69, 9.17) is 0 Å². The van der Waals surface area contributed by atoms with Gasteiger partial charge in [0.2, 0.25) is 5.91 Å². The summed E-state index contributed by atoms with van der Waals surface area (Å²) in [5, 5.41) is 12.1. The van der Waals surface area contributed by atoms with Gasteiger partial charge in [0.1, 0.15) is 6.04 Å². The van der Waals surface area contributed by atoms with Crippen LogP contribution in [0.2, 0.25) is 0 Å². The monoisotopic (exact) mass is 366 g/mol. The minimum Gasteiger partial charge on any atom is -0.395 e. The van der Waals surface area contributed by atoms with Gasteiger partial charge in [0.05, 0.1) is 6.61 Å². The van der Waals surface area contributed by atoms with Crippen molar-refractivity contribution in [2.45, 2.75) is 45.1 Å². The molecule has 0 saturated carbocycles. The Kier molecular flexibility index (Phi) is 8.38. The van der Waals surface area contributed by atoms with Gasteiger partial charge in [0, 0.05) is 39.3 Å². The molecular formula is C19H34N4O3.